The third kappa shape index (κ3) is 4.37. The SMILES string of the molecule is COc1ccc(N2C(=O)CCC(C(=O)Nc3ccc4nc(C)oc4c3)C2c2ccccc2OC)cc1. The van der Waals surface area contributed by atoms with Crippen LogP contribution in [-0.2, 0) is 9.59 Å². The molecule has 8 heteroatoms. The summed E-state index contributed by atoms with van der Waals surface area (Å²) >= 11 is 0. The molecule has 0 aliphatic carbocycles. The predicted molar refractivity (Wildman–Crippen MR) is 136 cm³/mol. The van der Waals surface area contributed by atoms with Crippen molar-refractivity contribution in [1.29, 1.82) is 0 Å². The minimum Gasteiger partial charge on any atom is -0.497 e. The summed E-state index contributed by atoms with van der Waals surface area (Å²) in [6.45, 7) is 1.78. The maximum absolute atomic E-state index is 13.7. The number of carbonyl (C=O) groups excluding carboxylic acids is 2. The molecular weight excluding hydrogens is 458 g/mol. The average molecular weight is 486 g/mol. The zero-order valence-corrected chi connectivity index (χ0v) is 20.4. The Morgan fingerprint density at radius 2 is 1.83 bits per heavy atom. The molecule has 0 radical (unpaired) electrons. The van der Waals surface area contributed by atoms with Crippen molar-refractivity contribution in [1.82, 2.24) is 4.98 Å². The largest absolute Gasteiger partial charge is 0.497 e. The van der Waals surface area contributed by atoms with Crippen LogP contribution in [0.5, 0.6) is 11.5 Å². The standard InChI is InChI=1S/C28H27N3O5/c1-17-29-23-14-8-18(16-25(23)36-17)30-28(33)22-13-15-26(32)31(19-9-11-20(34-2)12-10-19)27(22)21-6-4-5-7-24(21)35-3/h4-12,14,16,22,27H,13,15H2,1-3H3,(H,30,33). The third-order valence-electron chi connectivity index (χ3n) is 6.51. The number of rotatable bonds is 6. The fraction of sp³-hybridized carbons (Fsp3) is 0.250. The molecule has 3 aromatic carbocycles. The van der Waals surface area contributed by atoms with Crippen molar-refractivity contribution >= 4 is 34.3 Å². The van der Waals surface area contributed by atoms with Crippen LogP contribution in [0.25, 0.3) is 11.1 Å². The van der Waals surface area contributed by atoms with Gasteiger partial charge in [0, 0.05) is 36.3 Å². The molecule has 4 aromatic rings. The summed E-state index contributed by atoms with van der Waals surface area (Å²) in [6.07, 6.45) is 0.653. The second-order valence-electron chi connectivity index (χ2n) is 8.70. The lowest BCUT2D eigenvalue weighted by Crippen LogP contribution is -2.47. The van der Waals surface area contributed by atoms with Crippen LogP contribution in [-0.4, -0.2) is 31.0 Å². The van der Waals surface area contributed by atoms with Crippen molar-refractivity contribution in [2.75, 3.05) is 24.4 Å². The zero-order chi connectivity index (χ0) is 25.2. The predicted octanol–water partition coefficient (Wildman–Crippen LogP) is 5.28. The van der Waals surface area contributed by atoms with Crippen LogP contribution in [0.4, 0.5) is 11.4 Å². The summed E-state index contributed by atoms with van der Waals surface area (Å²) in [5.74, 6) is 1.10. The van der Waals surface area contributed by atoms with Crippen LogP contribution in [0.3, 0.4) is 0 Å². The van der Waals surface area contributed by atoms with Crippen LogP contribution in [0.2, 0.25) is 0 Å². The van der Waals surface area contributed by atoms with Crippen molar-refractivity contribution in [2.45, 2.75) is 25.8 Å². The highest BCUT2D eigenvalue weighted by Crippen LogP contribution is 2.43. The third-order valence-corrected chi connectivity index (χ3v) is 6.51. The number of hydrogen-bond donors (Lipinski definition) is 1. The van der Waals surface area contributed by atoms with Crippen LogP contribution < -0.4 is 19.7 Å². The number of nitrogens with zero attached hydrogens (tertiary/aromatic N) is 2. The van der Waals surface area contributed by atoms with Crippen LogP contribution >= 0.6 is 0 Å². The Kier molecular flexibility index (Phi) is 6.33. The van der Waals surface area contributed by atoms with E-state index in [9.17, 15) is 9.59 Å². The number of amides is 2. The van der Waals surface area contributed by atoms with Gasteiger partial charge >= 0.3 is 0 Å². The van der Waals surface area contributed by atoms with Crippen molar-refractivity contribution in [3.8, 4) is 11.5 Å². The smallest absolute Gasteiger partial charge is 0.229 e. The molecule has 1 saturated heterocycles. The number of nitrogens with one attached hydrogen (secondary N) is 1. The number of oxazole rings is 1. The first kappa shape index (κ1) is 23.4. The Morgan fingerprint density at radius 1 is 1.06 bits per heavy atom. The normalized spacial score (nSPS) is 17.8. The first-order valence-electron chi connectivity index (χ1n) is 11.8. The zero-order valence-electron chi connectivity index (χ0n) is 20.4. The number of piperidine rings is 1. The van der Waals surface area contributed by atoms with Gasteiger partial charge in [-0.15, -0.1) is 0 Å². The number of carbonyl (C=O) groups is 2. The molecule has 0 spiro atoms. The molecule has 1 aromatic heterocycles. The van der Waals surface area contributed by atoms with Gasteiger partial charge in [-0.25, -0.2) is 4.98 Å². The molecule has 1 fully saturated rings. The molecule has 2 atom stereocenters. The number of anilines is 2. The number of para-hydroxylation sites is 1. The van der Waals surface area contributed by atoms with E-state index in [2.05, 4.69) is 10.3 Å². The van der Waals surface area contributed by atoms with E-state index in [1.54, 1.807) is 50.3 Å². The fourth-order valence-corrected chi connectivity index (χ4v) is 4.83. The van der Waals surface area contributed by atoms with Crippen molar-refractivity contribution in [2.24, 2.45) is 5.92 Å². The van der Waals surface area contributed by atoms with Gasteiger partial charge in [-0.1, -0.05) is 18.2 Å². The highest BCUT2D eigenvalue weighted by Gasteiger charge is 2.42. The molecule has 1 aliphatic rings. The number of aromatic nitrogens is 1. The van der Waals surface area contributed by atoms with E-state index in [1.807, 2.05) is 42.5 Å². The highest BCUT2D eigenvalue weighted by atomic mass is 16.5. The van der Waals surface area contributed by atoms with Gasteiger partial charge in [0.15, 0.2) is 11.5 Å². The summed E-state index contributed by atoms with van der Waals surface area (Å²) < 4.78 is 16.6. The average Bonchev–Trinajstić information content (AvgIpc) is 3.27. The Labute approximate surface area is 208 Å². The van der Waals surface area contributed by atoms with Crippen molar-refractivity contribution in [3.05, 3.63) is 78.2 Å². The fourth-order valence-electron chi connectivity index (χ4n) is 4.83. The Bertz CT molecular complexity index is 1410. The van der Waals surface area contributed by atoms with E-state index in [1.165, 1.54) is 0 Å². The summed E-state index contributed by atoms with van der Waals surface area (Å²) in [4.78, 5) is 33.0. The lowest BCUT2D eigenvalue weighted by Gasteiger charge is -2.41. The van der Waals surface area contributed by atoms with Gasteiger partial charge in [0.1, 0.15) is 17.0 Å². The second-order valence-corrected chi connectivity index (χ2v) is 8.70. The summed E-state index contributed by atoms with van der Waals surface area (Å²) in [6, 6.07) is 19.6. The Hall–Kier alpha value is -4.33. The van der Waals surface area contributed by atoms with E-state index in [0.717, 1.165) is 11.1 Å². The van der Waals surface area contributed by atoms with E-state index >= 15 is 0 Å². The number of aryl methyl sites for hydroxylation is 1. The molecule has 36 heavy (non-hydrogen) atoms. The Balaban J connectivity index is 1.54. The first-order valence-corrected chi connectivity index (χ1v) is 11.8. The summed E-state index contributed by atoms with van der Waals surface area (Å²) in [5, 5.41) is 3.03. The topological polar surface area (TPSA) is 93.9 Å². The monoisotopic (exact) mass is 485 g/mol. The number of ether oxygens (including phenoxy) is 2. The lowest BCUT2D eigenvalue weighted by atomic mass is 9.82. The molecule has 1 N–H and O–H groups in total. The quantitative estimate of drug-likeness (QED) is 0.400. The number of benzene rings is 3. The molecule has 184 valence electrons. The molecule has 2 heterocycles. The summed E-state index contributed by atoms with van der Waals surface area (Å²) in [5.41, 5.74) is 3.39. The lowest BCUT2D eigenvalue weighted by molar-refractivity contribution is -0.125. The molecule has 1 aliphatic heterocycles. The second kappa shape index (κ2) is 9.73. The molecule has 8 nitrogen and oxygen atoms in total. The maximum Gasteiger partial charge on any atom is 0.229 e. The molecule has 2 unspecified atom stereocenters. The van der Waals surface area contributed by atoms with Gasteiger partial charge in [-0.05, 0) is 48.9 Å². The van der Waals surface area contributed by atoms with Crippen LogP contribution in [0.15, 0.2) is 71.1 Å². The number of fused-ring (bicyclic) bond motifs is 1. The molecule has 0 saturated carbocycles. The van der Waals surface area contributed by atoms with Gasteiger partial charge in [-0.2, -0.15) is 0 Å². The minimum atomic E-state index is -0.563. The summed E-state index contributed by atoms with van der Waals surface area (Å²) in [7, 11) is 3.18. The molecule has 2 amide bonds. The van der Waals surface area contributed by atoms with Crippen molar-refractivity contribution in [3.63, 3.8) is 0 Å². The van der Waals surface area contributed by atoms with Gasteiger partial charge in [0.2, 0.25) is 11.8 Å². The van der Waals surface area contributed by atoms with Crippen molar-refractivity contribution < 1.29 is 23.5 Å². The van der Waals surface area contributed by atoms with E-state index in [-0.39, 0.29) is 18.2 Å². The first-order chi connectivity index (χ1) is 17.5. The Morgan fingerprint density at radius 3 is 2.58 bits per heavy atom. The van der Waals surface area contributed by atoms with Gasteiger partial charge in [0.05, 0.1) is 26.2 Å². The van der Waals surface area contributed by atoms with E-state index in [4.69, 9.17) is 13.9 Å². The molecular formula is C28H27N3O5. The van der Waals surface area contributed by atoms with E-state index < -0.39 is 12.0 Å². The minimum absolute atomic E-state index is 0.0568. The maximum atomic E-state index is 13.7. The van der Waals surface area contributed by atoms with Crippen LogP contribution in [0.1, 0.15) is 30.3 Å². The number of methoxy groups -OCH3 is 2. The highest BCUT2D eigenvalue weighted by molar-refractivity contribution is 6.01. The van der Waals surface area contributed by atoms with Gasteiger partial charge in [0.25, 0.3) is 0 Å². The van der Waals surface area contributed by atoms with Gasteiger partial charge < -0.3 is 24.1 Å². The molecule has 0 bridgehead atoms. The molecule has 5 rings (SSSR count). The van der Waals surface area contributed by atoms with Crippen LogP contribution in [0, 0.1) is 12.8 Å². The van der Waals surface area contributed by atoms with E-state index in [0.29, 0.717) is 40.8 Å². The number of hydrogen-bond acceptors (Lipinski definition) is 6. The van der Waals surface area contributed by atoms with Gasteiger partial charge in [-0.3, -0.25) is 9.59 Å².